The molecule has 0 aliphatic heterocycles. The number of nitrogens with one attached hydrogen (secondary N) is 1. The van der Waals surface area contributed by atoms with Crippen molar-refractivity contribution in [2.24, 2.45) is 5.10 Å². The SMILES string of the molecule is Clc1cccc(/C=N\Nc2nc3ccccc3o2)c1. The first-order chi connectivity index (χ1) is 9.31. The first-order valence-corrected chi connectivity index (χ1v) is 6.09. The maximum atomic E-state index is 5.88. The molecule has 0 unspecified atom stereocenters. The van der Waals surface area contributed by atoms with E-state index in [1.165, 1.54) is 0 Å². The van der Waals surface area contributed by atoms with E-state index >= 15 is 0 Å². The van der Waals surface area contributed by atoms with Crippen molar-refractivity contribution in [2.75, 3.05) is 5.43 Å². The molecule has 94 valence electrons. The molecule has 1 N–H and O–H groups in total. The standard InChI is InChI=1S/C14H10ClN3O/c15-11-5-3-4-10(8-11)9-16-18-14-17-12-6-1-2-7-13(12)19-14/h1-9H,(H,17,18)/b16-9-. The molecule has 3 aromatic rings. The molecule has 0 fully saturated rings. The molecule has 0 aliphatic rings. The number of hydrogen-bond acceptors (Lipinski definition) is 4. The Labute approximate surface area is 114 Å². The first-order valence-electron chi connectivity index (χ1n) is 5.71. The van der Waals surface area contributed by atoms with Gasteiger partial charge in [0, 0.05) is 5.02 Å². The van der Waals surface area contributed by atoms with Crippen LogP contribution in [0.1, 0.15) is 5.56 Å². The number of halogens is 1. The molecule has 0 aliphatic carbocycles. The summed E-state index contributed by atoms with van der Waals surface area (Å²) in [5, 5.41) is 4.73. The van der Waals surface area contributed by atoms with Crippen molar-refractivity contribution in [3.05, 3.63) is 59.1 Å². The van der Waals surface area contributed by atoms with Crippen molar-refractivity contribution >= 4 is 34.9 Å². The van der Waals surface area contributed by atoms with Crippen molar-refractivity contribution < 1.29 is 4.42 Å². The predicted molar refractivity (Wildman–Crippen MR) is 76.7 cm³/mol. The van der Waals surface area contributed by atoms with Crippen LogP contribution < -0.4 is 5.43 Å². The molecule has 2 aromatic carbocycles. The van der Waals surface area contributed by atoms with Gasteiger partial charge in [-0.25, -0.2) is 5.43 Å². The maximum absolute atomic E-state index is 5.88. The zero-order chi connectivity index (χ0) is 13.1. The minimum atomic E-state index is 0.361. The van der Waals surface area contributed by atoms with E-state index in [1.54, 1.807) is 6.21 Å². The zero-order valence-electron chi connectivity index (χ0n) is 9.88. The maximum Gasteiger partial charge on any atom is 0.316 e. The lowest BCUT2D eigenvalue weighted by Gasteiger charge is -1.94. The van der Waals surface area contributed by atoms with E-state index in [0.717, 1.165) is 16.7 Å². The molecule has 0 spiro atoms. The molecular weight excluding hydrogens is 262 g/mol. The molecule has 0 radical (unpaired) electrons. The van der Waals surface area contributed by atoms with Gasteiger partial charge >= 0.3 is 6.01 Å². The number of hydrazone groups is 1. The Morgan fingerprint density at radius 1 is 1.16 bits per heavy atom. The van der Waals surface area contributed by atoms with E-state index < -0.39 is 0 Å². The molecule has 0 amide bonds. The summed E-state index contributed by atoms with van der Waals surface area (Å²) in [6.45, 7) is 0. The smallest absolute Gasteiger partial charge is 0.316 e. The van der Waals surface area contributed by atoms with E-state index in [1.807, 2.05) is 48.5 Å². The summed E-state index contributed by atoms with van der Waals surface area (Å²) in [6.07, 6.45) is 1.65. The van der Waals surface area contributed by atoms with Gasteiger partial charge in [0.05, 0.1) is 6.21 Å². The van der Waals surface area contributed by atoms with Gasteiger partial charge in [-0.05, 0) is 29.8 Å². The number of hydrogen-bond donors (Lipinski definition) is 1. The first kappa shape index (κ1) is 11.7. The number of rotatable bonds is 3. The van der Waals surface area contributed by atoms with Crippen molar-refractivity contribution in [2.45, 2.75) is 0 Å². The minimum absolute atomic E-state index is 0.361. The molecule has 1 heterocycles. The lowest BCUT2D eigenvalue weighted by Crippen LogP contribution is -1.90. The Kier molecular flexibility index (Phi) is 3.16. The van der Waals surface area contributed by atoms with E-state index in [2.05, 4.69) is 15.5 Å². The van der Waals surface area contributed by atoms with Gasteiger partial charge in [-0.15, -0.1) is 0 Å². The summed E-state index contributed by atoms with van der Waals surface area (Å²) >= 11 is 5.88. The van der Waals surface area contributed by atoms with Crippen LogP contribution in [0.5, 0.6) is 0 Å². The van der Waals surface area contributed by atoms with Crippen molar-refractivity contribution in [3.8, 4) is 0 Å². The van der Waals surface area contributed by atoms with Crippen molar-refractivity contribution in [1.29, 1.82) is 0 Å². The topological polar surface area (TPSA) is 50.4 Å². The molecule has 0 atom stereocenters. The van der Waals surface area contributed by atoms with Crippen LogP contribution in [0.2, 0.25) is 5.02 Å². The van der Waals surface area contributed by atoms with E-state index in [0.29, 0.717) is 11.0 Å². The van der Waals surface area contributed by atoms with Gasteiger partial charge in [0.1, 0.15) is 5.52 Å². The van der Waals surface area contributed by atoms with Gasteiger partial charge in [0.25, 0.3) is 0 Å². The quantitative estimate of drug-likeness (QED) is 0.580. The highest BCUT2D eigenvalue weighted by atomic mass is 35.5. The highest BCUT2D eigenvalue weighted by Gasteiger charge is 2.02. The molecule has 0 bridgehead atoms. The molecule has 4 nitrogen and oxygen atoms in total. The van der Waals surface area contributed by atoms with Crippen LogP contribution in [0, 0.1) is 0 Å². The van der Waals surface area contributed by atoms with Gasteiger partial charge < -0.3 is 4.42 Å². The van der Waals surface area contributed by atoms with Crippen LogP contribution in [0.3, 0.4) is 0 Å². The molecule has 3 rings (SSSR count). The second-order valence-electron chi connectivity index (χ2n) is 3.91. The Morgan fingerprint density at radius 2 is 2.05 bits per heavy atom. The Balaban J connectivity index is 1.75. The number of nitrogens with zero attached hydrogens (tertiary/aromatic N) is 2. The van der Waals surface area contributed by atoms with Crippen LogP contribution in [-0.2, 0) is 0 Å². The number of para-hydroxylation sites is 2. The monoisotopic (exact) mass is 271 g/mol. The van der Waals surface area contributed by atoms with Crippen molar-refractivity contribution in [1.82, 2.24) is 4.98 Å². The number of fused-ring (bicyclic) bond motifs is 1. The Bertz CT molecular complexity index is 703. The highest BCUT2D eigenvalue weighted by Crippen LogP contribution is 2.17. The lowest BCUT2D eigenvalue weighted by molar-refractivity contribution is 0.617. The highest BCUT2D eigenvalue weighted by molar-refractivity contribution is 6.30. The average molecular weight is 272 g/mol. The summed E-state index contributed by atoms with van der Waals surface area (Å²) in [6, 6.07) is 15.3. The fourth-order valence-corrected chi connectivity index (χ4v) is 1.87. The number of benzene rings is 2. The number of anilines is 1. The molecule has 0 saturated heterocycles. The van der Waals surface area contributed by atoms with Gasteiger partial charge in [0.2, 0.25) is 0 Å². The predicted octanol–water partition coefficient (Wildman–Crippen LogP) is 3.93. The van der Waals surface area contributed by atoms with Crippen LogP contribution in [0.25, 0.3) is 11.1 Å². The van der Waals surface area contributed by atoms with Gasteiger partial charge in [-0.1, -0.05) is 35.9 Å². The molecule has 5 heteroatoms. The average Bonchev–Trinajstić information content (AvgIpc) is 2.81. The van der Waals surface area contributed by atoms with E-state index in [4.69, 9.17) is 16.0 Å². The third-order valence-corrected chi connectivity index (χ3v) is 2.75. The zero-order valence-corrected chi connectivity index (χ0v) is 10.6. The third kappa shape index (κ3) is 2.74. The van der Waals surface area contributed by atoms with Crippen molar-refractivity contribution in [3.63, 3.8) is 0 Å². The normalized spacial score (nSPS) is 11.2. The second-order valence-corrected chi connectivity index (χ2v) is 4.35. The number of aromatic nitrogens is 1. The molecule has 1 aromatic heterocycles. The second kappa shape index (κ2) is 5.12. The summed E-state index contributed by atoms with van der Waals surface area (Å²) in [7, 11) is 0. The fraction of sp³-hybridized carbons (Fsp3) is 0. The van der Waals surface area contributed by atoms with Gasteiger partial charge in [0.15, 0.2) is 5.58 Å². The molecular formula is C14H10ClN3O. The summed E-state index contributed by atoms with van der Waals surface area (Å²) < 4.78 is 5.47. The lowest BCUT2D eigenvalue weighted by atomic mass is 10.2. The fourth-order valence-electron chi connectivity index (χ4n) is 1.67. The summed E-state index contributed by atoms with van der Waals surface area (Å²) in [5.41, 5.74) is 5.17. The minimum Gasteiger partial charge on any atom is -0.422 e. The van der Waals surface area contributed by atoms with Crippen LogP contribution >= 0.6 is 11.6 Å². The third-order valence-electron chi connectivity index (χ3n) is 2.52. The van der Waals surface area contributed by atoms with Gasteiger partial charge in [-0.3, -0.25) is 0 Å². The number of oxazole rings is 1. The Hall–Kier alpha value is -2.33. The van der Waals surface area contributed by atoms with Crippen LogP contribution in [-0.4, -0.2) is 11.2 Å². The van der Waals surface area contributed by atoms with Gasteiger partial charge in [-0.2, -0.15) is 10.1 Å². The molecule has 19 heavy (non-hydrogen) atoms. The summed E-state index contributed by atoms with van der Waals surface area (Å²) in [5.74, 6) is 0. The van der Waals surface area contributed by atoms with E-state index in [9.17, 15) is 0 Å². The largest absolute Gasteiger partial charge is 0.422 e. The Morgan fingerprint density at radius 3 is 2.89 bits per heavy atom. The molecule has 0 saturated carbocycles. The summed E-state index contributed by atoms with van der Waals surface area (Å²) in [4.78, 5) is 4.24. The van der Waals surface area contributed by atoms with E-state index in [-0.39, 0.29) is 0 Å². The van der Waals surface area contributed by atoms with Crippen LogP contribution in [0.15, 0.2) is 58.0 Å². The van der Waals surface area contributed by atoms with Crippen LogP contribution in [0.4, 0.5) is 6.01 Å².